The van der Waals surface area contributed by atoms with Crippen LogP contribution in [0.4, 0.5) is 5.69 Å². The molecule has 1 amide bonds. The van der Waals surface area contributed by atoms with E-state index in [9.17, 15) is 4.79 Å². The number of rotatable bonds is 4. The molecule has 0 radical (unpaired) electrons. The summed E-state index contributed by atoms with van der Waals surface area (Å²) < 4.78 is 5.70. The minimum absolute atomic E-state index is 0.182. The van der Waals surface area contributed by atoms with Crippen molar-refractivity contribution in [3.05, 3.63) is 58.6 Å². The smallest absolute Gasteiger partial charge is 0.265 e. The summed E-state index contributed by atoms with van der Waals surface area (Å²) in [5.74, 6) is 0.477. The molecule has 0 saturated carbocycles. The summed E-state index contributed by atoms with van der Waals surface area (Å²) in [4.78, 5) is 12.2. The van der Waals surface area contributed by atoms with Gasteiger partial charge in [0, 0.05) is 10.7 Å². The van der Waals surface area contributed by atoms with Gasteiger partial charge in [-0.2, -0.15) is 0 Å². The van der Waals surface area contributed by atoms with Gasteiger partial charge in [-0.1, -0.05) is 29.8 Å². The molecule has 0 aliphatic rings. The molecule has 0 saturated heterocycles. The van der Waals surface area contributed by atoms with Crippen LogP contribution in [0.15, 0.2) is 42.5 Å². The van der Waals surface area contributed by atoms with Crippen LogP contribution in [0.2, 0.25) is 5.02 Å². The molecule has 1 atom stereocenters. The first-order chi connectivity index (χ1) is 9.97. The molecule has 110 valence electrons. The Hall–Kier alpha value is -2.00. The minimum atomic E-state index is -0.593. The van der Waals surface area contributed by atoms with E-state index in [1.54, 1.807) is 19.1 Å². The Morgan fingerprint density at radius 1 is 1.14 bits per heavy atom. The number of para-hydroxylation sites is 1. The van der Waals surface area contributed by atoms with E-state index >= 15 is 0 Å². The minimum Gasteiger partial charge on any atom is -0.481 e. The number of hydrogen-bond acceptors (Lipinski definition) is 2. The second kappa shape index (κ2) is 6.64. The molecular formula is C17H18ClNO2. The van der Waals surface area contributed by atoms with E-state index in [4.69, 9.17) is 16.3 Å². The van der Waals surface area contributed by atoms with Gasteiger partial charge in [0.15, 0.2) is 6.10 Å². The number of carbonyl (C=O) groups excluding carboxylic acids is 1. The van der Waals surface area contributed by atoms with Crippen LogP contribution in [0.3, 0.4) is 0 Å². The molecular weight excluding hydrogens is 286 g/mol. The zero-order valence-corrected chi connectivity index (χ0v) is 13.1. The number of nitrogens with one attached hydrogen (secondary N) is 1. The number of benzene rings is 2. The zero-order chi connectivity index (χ0) is 15.4. The van der Waals surface area contributed by atoms with Crippen LogP contribution in [0.5, 0.6) is 5.75 Å². The Labute approximate surface area is 129 Å². The molecule has 1 N–H and O–H groups in total. The molecule has 0 spiro atoms. The highest BCUT2D eigenvalue weighted by molar-refractivity contribution is 6.30. The maximum Gasteiger partial charge on any atom is 0.265 e. The Bertz CT molecular complexity index is 655. The van der Waals surface area contributed by atoms with Gasteiger partial charge in [0.25, 0.3) is 5.91 Å². The van der Waals surface area contributed by atoms with Gasteiger partial charge in [-0.3, -0.25) is 4.79 Å². The van der Waals surface area contributed by atoms with Gasteiger partial charge in [-0.05, 0) is 56.2 Å². The van der Waals surface area contributed by atoms with Crippen molar-refractivity contribution in [2.75, 3.05) is 5.32 Å². The van der Waals surface area contributed by atoms with E-state index in [-0.39, 0.29) is 5.91 Å². The van der Waals surface area contributed by atoms with Crippen molar-refractivity contribution in [3.8, 4) is 5.75 Å². The fourth-order valence-electron chi connectivity index (χ4n) is 1.94. The summed E-state index contributed by atoms with van der Waals surface area (Å²) in [6.45, 7) is 5.57. The number of aryl methyl sites for hydroxylation is 2. The molecule has 4 heteroatoms. The van der Waals surface area contributed by atoms with Crippen molar-refractivity contribution < 1.29 is 9.53 Å². The van der Waals surface area contributed by atoms with Gasteiger partial charge in [0.2, 0.25) is 0 Å². The van der Waals surface area contributed by atoms with E-state index in [0.29, 0.717) is 10.8 Å². The molecule has 0 aliphatic carbocycles. The molecule has 21 heavy (non-hydrogen) atoms. The SMILES string of the molecule is Cc1ccccc1NC(=O)[C@@H](C)Oc1ccc(Cl)cc1C. The monoisotopic (exact) mass is 303 g/mol. The fraction of sp³-hybridized carbons (Fsp3) is 0.235. The number of hydrogen-bond donors (Lipinski definition) is 1. The number of ether oxygens (including phenoxy) is 1. The lowest BCUT2D eigenvalue weighted by molar-refractivity contribution is -0.122. The lowest BCUT2D eigenvalue weighted by Gasteiger charge is -2.17. The van der Waals surface area contributed by atoms with E-state index in [1.165, 1.54) is 0 Å². The second-order valence-electron chi connectivity index (χ2n) is 4.97. The van der Waals surface area contributed by atoms with E-state index in [0.717, 1.165) is 16.8 Å². The molecule has 0 fully saturated rings. The van der Waals surface area contributed by atoms with Crippen molar-refractivity contribution in [1.82, 2.24) is 0 Å². The molecule has 2 aromatic rings. The third-order valence-corrected chi connectivity index (χ3v) is 3.45. The van der Waals surface area contributed by atoms with Crippen molar-refractivity contribution in [2.24, 2.45) is 0 Å². The molecule has 2 aromatic carbocycles. The molecule has 0 bridgehead atoms. The van der Waals surface area contributed by atoms with E-state index in [1.807, 2.05) is 44.2 Å². The summed E-state index contributed by atoms with van der Waals surface area (Å²) in [7, 11) is 0. The van der Waals surface area contributed by atoms with Crippen LogP contribution in [-0.2, 0) is 4.79 Å². The van der Waals surface area contributed by atoms with Gasteiger partial charge in [-0.15, -0.1) is 0 Å². The van der Waals surface area contributed by atoms with Crippen LogP contribution in [0.25, 0.3) is 0 Å². The Morgan fingerprint density at radius 3 is 2.52 bits per heavy atom. The van der Waals surface area contributed by atoms with Crippen molar-refractivity contribution in [2.45, 2.75) is 26.9 Å². The zero-order valence-electron chi connectivity index (χ0n) is 12.3. The largest absolute Gasteiger partial charge is 0.481 e. The Kier molecular flexibility index (Phi) is 4.86. The normalized spacial score (nSPS) is 11.8. The third-order valence-electron chi connectivity index (χ3n) is 3.21. The number of amides is 1. The van der Waals surface area contributed by atoms with Crippen LogP contribution in [-0.4, -0.2) is 12.0 Å². The van der Waals surface area contributed by atoms with Crippen molar-refractivity contribution in [3.63, 3.8) is 0 Å². The summed E-state index contributed by atoms with van der Waals surface area (Å²) in [6, 6.07) is 13.0. The molecule has 0 heterocycles. The summed E-state index contributed by atoms with van der Waals surface area (Å²) >= 11 is 5.91. The van der Waals surface area contributed by atoms with Crippen LogP contribution >= 0.6 is 11.6 Å². The summed E-state index contributed by atoms with van der Waals surface area (Å²) in [6.07, 6.45) is -0.593. The Morgan fingerprint density at radius 2 is 1.86 bits per heavy atom. The fourth-order valence-corrected chi connectivity index (χ4v) is 2.16. The van der Waals surface area contributed by atoms with Crippen molar-refractivity contribution >= 4 is 23.2 Å². The van der Waals surface area contributed by atoms with Crippen LogP contribution in [0.1, 0.15) is 18.1 Å². The van der Waals surface area contributed by atoms with E-state index < -0.39 is 6.10 Å². The average molecular weight is 304 g/mol. The maximum atomic E-state index is 12.2. The lowest BCUT2D eigenvalue weighted by Crippen LogP contribution is -2.30. The molecule has 0 aliphatic heterocycles. The van der Waals surface area contributed by atoms with Crippen molar-refractivity contribution in [1.29, 1.82) is 0 Å². The lowest BCUT2D eigenvalue weighted by atomic mass is 10.2. The topological polar surface area (TPSA) is 38.3 Å². The highest BCUT2D eigenvalue weighted by Gasteiger charge is 2.16. The molecule has 3 nitrogen and oxygen atoms in total. The maximum absolute atomic E-state index is 12.2. The van der Waals surface area contributed by atoms with Gasteiger partial charge >= 0.3 is 0 Å². The van der Waals surface area contributed by atoms with Gasteiger partial charge in [-0.25, -0.2) is 0 Å². The Balaban J connectivity index is 2.04. The van der Waals surface area contributed by atoms with Gasteiger partial charge < -0.3 is 10.1 Å². The quantitative estimate of drug-likeness (QED) is 0.911. The number of halogens is 1. The third kappa shape index (κ3) is 3.99. The predicted molar refractivity (Wildman–Crippen MR) is 86.1 cm³/mol. The first kappa shape index (κ1) is 15.4. The van der Waals surface area contributed by atoms with Crippen LogP contribution in [0, 0.1) is 13.8 Å². The highest BCUT2D eigenvalue weighted by atomic mass is 35.5. The molecule has 0 unspecified atom stereocenters. The highest BCUT2D eigenvalue weighted by Crippen LogP contribution is 2.23. The molecule has 2 rings (SSSR count). The summed E-state index contributed by atoms with van der Waals surface area (Å²) in [5.41, 5.74) is 2.71. The number of carbonyl (C=O) groups is 1. The standard InChI is InChI=1S/C17H18ClNO2/c1-11-6-4-5-7-15(11)19-17(20)13(3)21-16-9-8-14(18)10-12(16)2/h4-10,13H,1-3H3,(H,19,20)/t13-/m1/s1. The van der Waals surface area contributed by atoms with E-state index in [2.05, 4.69) is 5.32 Å². The van der Waals surface area contributed by atoms with Gasteiger partial charge in [0.1, 0.15) is 5.75 Å². The predicted octanol–water partition coefficient (Wildman–Crippen LogP) is 4.36. The summed E-state index contributed by atoms with van der Waals surface area (Å²) in [5, 5.41) is 3.52. The van der Waals surface area contributed by atoms with Gasteiger partial charge in [0.05, 0.1) is 0 Å². The van der Waals surface area contributed by atoms with Crippen LogP contribution < -0.4 is 10.1 Å². The number of anilines is 1. The first-order valence-electron chi connectivity index (χ1n) is 6.76. The average Bonchev–Trinajstić information content (AvgIpc) is 2.44. The molecule has 0 aromatic heterocycles. The second-order valence-corrected chi connectivity index (χ2v) is 5.41. The first-order valence-corrected chi connectivity index (χ1v) is 7.14.